The summed E-state index contributed by atoms with van der Waals surface area (Å²) in [5.41, 5.74) is 0.738. The van der Waals surface area contributed by atoms with E-state index in [9.17, 15) is 13.6 Å². The van der Waals surface area contributed by atoms with Crippen LogP contribution >= 0.6 is 0 Å². The van der Waals surface area contributed by atoms with Gasteiger partial charge in [0.2, 0.25) is 5.91 Å². The van der Waals surface area contributed by atoms with Crippen LogP contribution in [0, 0.1) is 0 Å². The molecule has 0 bridgehead atoms. The molecule has 2 unspecified atom stereocenters. The highest BCUT2D eigenvalue weighted by Crippen LogP contribution is 2.33. The molecular weight excluding hydrogens is 244 g/mol. The molecule has 2 N–H and O–H groups in total. The summed E-state index contributed by atoms with van der Waals surface area (Å²) >= 11 is 0. The maximum absolute atomic E-state index is 12.1. The second-order valence-corrected chi connectivity index (χ2v) is 4.05. The predicted octanol–water partition coefficient (Wildman–Crippen LogP) is 0.905. The lowest BCUT2D eigenvalue weighted by molar-refractivity contribution is -0.123. The number of benzene rings is 1. The number of alkyl halides is 2. The predicted molar refractivity (Wildman–Crippen MR) is 59.7 cm³/mol. The summed E-state index contributed by atoms with van der Waals surface area (Å²) < 4.78 is 29.5. The number of fused-ring (bicyclic) bond motifs is 1. The van der Waals surface area contributed by atoms with Gasteiger partial charge in [-0.15, -0.1) is 0 Å². The minimum atomic E-state index is -2.86. The molecule has 0 aromatic heterocycles. The number of ether oxygens (including phenoxy) is 1. The first-order chi connectivity index (χ1) is 8.59. The second kappa shape index (κ2) is 5.30. The molecule has 1 aromatic rings. The first-order valence-electron chi connectivity index (χ1n) is 5.55. The number of halogens is 2. The molecule has 2 atom stereocenters. The van der Waals surface area contributed by atoms with E-state index < -0.39 is 30.9 Å². The average Bonchev–Trinajstić information content (AvgIpc) is 2.79. The van der Waals surface area contributed by atoms with Crippen LogP contribution in [0.3, 0.4) is 0 Å². The first kappa shape index (κ1) is 12.8. The van der Waals surface area contributed by atoms with Gasteiger partial charge in [0.15, 0.2) is 0 Å². The highest BCUT2D eigenvalue weighted by Gasteiger charge is 2.30. The van der Waals surface area contributed by atoms with Gasteiger partial charge in [-0.25, -0.2) is 8.78 Å². The van der Waals surface area contributed by atoms with Crippen molar-refractivity contribution in [1.82, 2.24) is 5.32 Å². The number of hydrogen-bond donors (Lipinski definition) is 2. The lowest BCUT2D eigenvalue weighted by Crippen LogP contribution is -2.38. The van der Waals surface area contributed by atoms with E-state index in [0.29, 0.717) is 5.75 Å². The summed E-state index contributed by atoms with van der Waals surface area (Å²) in [6, 6.07) is 7.08. The molecule has 6 heteroatoms. The van der Waals surface area contributed by atoms with Crippen molar-refractivity contribution in [3.63, 3.8) is 0 Å². The van der Waals surface area contributed by atoms with Crippen molar-refractivity contribution in [1.29, 1.82) is 0 Å². The van der Waals surface area contributed by atoms with Crippen molar-refractivity contribution < 1.29 is 23.4 Å². The highest BCUT2D eigenvalue weighted by atomic mass is 19.3. The van der Waals surface area contributed by atoms with Crippen LogP contribution in [0.2, 0.25) is 0 Å². The maximum atomic E-state index is 12.1. The van der Waals surface area contributed by atoms with Crippen LogP contribution < -0.4 is 10.1 Å². The Labute approximate surface area is 103 Å². The van der Waals surface area contributed by atoms with Gasteiger partial charge >= 0.3 is 0 Å². The summed E-state index contributed by atoms with van der Waals surface area (Å²) in [6.45, 7) is -0.273. The van der Waals surface area contributed by atoms with Gasteiger partial charge < -0.3 is 15.2 Å². The van der Waals surface area contributed by atoms with Crippen molar-refractivity contribution in [2.45, 2.75) is 18.4 Å². The number of nitrogens with one attached hydrogen (secondary N) is 1. The van der Waals surface area contributed by atoms with Crippen LogP contribution in [0.5, 0.6) is 5.75 Å². The molecule has 4 nitrogen and oxygen atoms in total. The summed E-state index contributed by atoms with van der Waals surface area (Å²) in [5.74, 6) is -0.294. The Morgan fingerprint density at radius 3 is 2.94 bits per heavy atom. The molecular formula is C12H13F2NO3. The van der Waals surface area contributed by atoms with Gasteiger partial charge in [-0.3, -0.25) is 4.79 Å². The number of rotatable bonds is 4. The van der Waals surface area contributed by atoms with E-state index in [1.165, 1.54) is 0 Å². The number of aliphatic hydroxyl groups excluding tert-OH is 1. The van der Waals surface area contributed by atoms with E-state index in [1.807, 2.05) is 0 Å². The zero-order valence-electron chi connectivity index (χ0n) is 9.48. The lowest BCUT2D eigenvalue weighted by atomic mass is 10.0. The fourth-order valence-corrected chi connectivity index (χ4v) is 1.80. The van der Waals surface area contributed by atoms with Gasteiger partial charge in [-0.2, -0.15) is 0 Å². The third-order valence-electron chi connectivity index (χ3n) is 2.79. The molecule has 0 aliphatic carbocycles. The summed E-state index contributed by atoms with van der Waals surface area (Å²) in [6.07, 6.45) is -4.70. The van der Waals surface area contributed by atoms with E-state index in [-0.39, 0.29) is 6.61 Å². The minimum Gasteiger partial charge on any atom is -0.492 e. The van der Waals surface area contributed by atoms with Crippen molar-refractivity contribution in [3.05, 3.63) is 29.8 Å². The van der Waals surface area contributed by atoms with Gasteiger partial charge in [0.05, 0.1) is 0 Å². The van der Waals surface area contributed by atoms with Crippen molar-refractivity contribution >= 4 is 5.91 Å². The molecule has 1 heterocycles. The van der Waals surface area contributed by atoms with Crippen molar-refractivity contribution in [3.8, 4) is 5.75 Å². The van der Waals surface area contributed by atoms with Crippen LogP contribution in [0.15, 0.2) is 24.3 Å². The molecule has 2 rings (SSSR count). The summed E-state index contributed by atoms with van der Waals surface area (Å²) in [7, 11) is 0. The molecule has 1 aromatic carbocycles. The van der Waals surface area contributed by atoms with Crippen LogP contribution in [-0.4, -0.2) is 36.7 Å². The summed E-state index contributed by atoms with van der Waals surface area (Å²) in [5, 5.41) is 11.2. The Morgan fingerprint density at radius 2 is 2.22 bits per heavy atom. The molecule has 0 saturated heterocycles. The largest absolute Gasteiger partial charge is 0.492 e. The van der Waals surface area contributed by atoms with E-state index >= 15 is 0 Å². The molecule has 0 radical (unpaired) electrons. The van der Waals surface area contributed by atoms with Crippen LogP contribution in [0.1, 0.15) is 11.5 Å². The smallest absolute Gasteiger partial charge is 0.265 e. The average molecular weight is 257 g/mol. The van der Waals surface area contributed by atoms with Gasteiger partial charge in [-0.1, -0.05) is 18.2 Å². The Bertz CT molecular complexity index is 439. The Balaban J connectivity index is 1.95. The number of hydrogen-bond acceptors (Lipinski definition) is 3. The van der Waals surface area contributed by atoms with Gasteiger partial charge in [0.25, 0.3) is 6.43 Å². The molecule has 1 aliphatic rings. The zero-order valence-corrected chi connectivity index (χ0v) is 9.48. The SMILES string of the molecule is O=C(NCC(O)C(F)F)C1COc2ccccc21. The third-order valence-corrected chi connectivity index (χ3v) is 2.79. The Hall–Kier alpha value is -1.69. The fraction of sp³-hybridized carbons (Fsp3) is 0.417. The van der Waals surface area contributed by atoms with Crippen molar-refractivity contribution in [2.75, 3.05) is 13.2 Å². The molecule has 1 aliphatic heterocycles. The lowest BCUT2D eigenvalue weighted by Gasteiger charge is -2.13. The number of para-hydroxylation sites is 1. The molecule has 1 amide bonds. The maximum Gasteiger partial charge on any atom is 0.265 e. The van der Waals surface area contributed by atoms with Gasteiger partial charge in [0, 0.05) is 12.1 Å². The van der Waals surface area contributed by atoms with E-state index in [0.717, 1.165) is 5.56 Å². The monoisotopic (exact) mass is 257 g/mol. The zero-order chi connectivity index (χ0) is 13.1. The number of carbonyl (C=O) groups excluding carboxylic acids is 1. The number of aliphatic hydroxyl groups is 1. The van der Waals surface area contributed by atoms with Crippen LogP contribution in [0.4, 0.5) is 8.78 Å². The first-order valence-corrected chi connectivity index (χ1v) is 5.55. The Morgan fingerprint density at radius 1 is 1.50 bits per heavy atom. The number of carbonyl (C=O) groups is 1. The quantitative estimate of drug-likeness (QED) is 0.842. The normalized spacial score (nSPS) is 19.2. The van der Waals surface area contributed by atoms with E-state index in [2.05, 4.69) is 5.32 Å². The Kier molecular flexibility index (Phi) is 3.76. The van der Waals surface area contributed by atoms with E-state index in [4.69, 9.17) is 9.84 Å². The standard InChI is InChI=1S/C12H13F2NO3/c13-11(14)9(16)5-15-12(17)8-6-18-10-4-2-1-3-7(8)10/h1-4,8-9,11,16H,5-6H2,(H,15,17). The molecule has 18 heavy (non-hydrogen) atoms. The second-order valence-electron chi connectivity index (χ2n) is 4.05. The third kappa shape index (κ3) is 2.59. The topological polar surface area (TPSA) is 58.6 Å². The molecule has 98 valence electrons. The van der Waals surface area contributed by atoms with E-state index in [1.54, 1.807) is 24.3 Å². The van der Waals surface area contributed by atoms with Gasteiger partial charge in [0.1, 0.15) is 24.4 Å². The van der Waals surface area contributed by atoms with Gasteiger partial charge in [-0.05, 0) is 6.07 Å². The molecule has 0 spiro atoms. The number of amides is 1. The molecule has 0 fully saturated rings. The van der Waals surface area contributed by atoms with Crippen molar-refractivity contribution in [2.24, 2.45) is 0 Å². The minimum absolute atomic E-state index is 0.190. The molecule has 0 saturated carbocycles. The highest BCUT2D eigenvalue weighted by molar-refractivity contribution is 5.85. The van der Waals surface area contributed by atoms with Crippen LogP contribution in [-0.2, 0) is 4.79 Å². The fourth-order valence-electron chi connectivity index (χ4n) is 1.80. The summed E-state index contributed by atoms with van der Waals surface area (Å²) in [4.78, 5) is 11.8. The van der Waals surface area contributed by atoms with Crippen LogP contribution in [0.25, 0.3) is 0 Å².